The number of anilines is 1. The molecule has 0 aliphatic carbocycles. The Bertz CT molecular complexity index is 336. The van der Waals surface area contributed by atoms with Crippen LogP contribution >= 0.6 is 0 Å². The van der Waals surface area contributed by atoms with Gasteiger partial charge in [-0.1, -0.05) is 39.2 Å². The molecule has 0 aliphatic heterocycles. The van der Waals surface area contributed by atoms with Crippen LogP contribution in [0, 0.1) is 18.7 Å². The van der Waals surface area contributed by atoms with E-state index in [-0.39, 0.29) is 5.82 Å². The van der Waals surface area contributed by atoms with E-state index in [1.54, 1.807) is 6.07 Å². The molecule has 0 saturated carbocycles. The van der Waals surface area contributed by atoms with Crippen molar-refractivity contribution >= 4 is 5.69 Å². The van der Waals surface area contributed by atoms with Crippen molar-refractivity contribution in [3.05, 3.63) is 29.6 Å². The number of aryl methyl sites for hydroxylation is 1. The van der Waals surface area contributed by atoms with E-state index in [1.165, 1.54) is 19.3 Å². The number of nitrogens with one attached hydrogen (secondary N) is 1. The first-order chi connectivity index (χ1) is 8.17. The molecule has 0 spiro atoms. The van der Waals surface area contributed by atoms with Gasteiger partial charge in [-0.3, -0.25) is 0 Å². The summed E-state index contributed by atoms with van der Waals surface area (Å²) in [6.45, 7) is 7.19. The van der Waals surface area contributed by atoms with Gasteiger partial charge in [-0.2, -0.15) is 0 Å². The Hall–Kier alpha value is -1.05. The molecule has 96 valence electrons. The first-order valence-corrected chi connectivity index (χ1v) is 6.67. The number of hydrogen-bond donors (Lipinski definition) is 1. The van der Waals surface area contributed by atoms with E-state index in [4.69, 9.17) is 0 Å². The summed E-state index contributed by atoms with van der Waals surface area (Å²) >= 11 is 0. The zero-order valence-corrected chi connectivity index (χ0v) is 11.2. The molecule has 0 heterocycles. The lowest BCUT2D eigenvalue weighted by atomic mass is 9.99. The van der Waals surface area contributed by atoms with Crippen molar-refractivity contribution in [3.8, 4) is 0 Å². The Labute approximate surface area is 104 Å². The summed E-state index contributed by atoms with van der Waals surface area (Å²) in [6, 6.07) is 5.35. The van der Waals surface area contributed by atoms with Crippen LogP contribution in [0.4, 0.5) is 10.1 Å². The highest BCUT2D eigenvalue weighted by molar-refractivity contribution is 5.46. The first kappa shape index (κ1) is 14.0. The van der Waals surface area contributed by atoms with Crippen LogP contribution in [0.25, 0.3) is 0 Å². The minimum Gasteiger partial charge on any atom is -0.382 e. The highest BCUT2D eigenvalue weighted by Gasteiger charge is 2.07. The standard InChI is InChI=1S/C15H24FN/c1-4-6-7-13(5-2)11-17-15-9-8-12(3)10-14(15)16/h8-10,13,17H,4-7,11H2,1-3H3. The van der Waals surface area contributed by atoms with Crippen LogP contribution in [-0.4, -0.2) is 6.54 Å². The maximum absolute atomic E-state index is 13.6. The number of unbranched alkanes of at least 4 members (excludes halogenated alkanes) is 1. The lowest BCUT2D eigenvalue weighted by Crippen LogP contribution is -2.14. The summed E-state index contributed by atoms with van der Waals surface area (Å²) in [7, 11) is 0. The van der Waals surface area contributed by atoms with Gasteiger partial charge in [0.15, 0.2) is 0 Å². The molecular formula is C15H24FN. The lowest BCUT2D eigenvalue weighted by molar-refractivity contribution is 0.471. The van der Waals surface area contributed by atoms with Crippen LogP contribution in [0.5, 0.6) is 0 Å². The monoisotopic (exact) mass is 237 g/mol. The Morgan fingerprint density at radius 1 is 1.29 bits per heavy atom. The van der Waals surface area contributed by atoms with Gasteiger partial charge in [0.2, 0.25) is 0 Å². The highest BCUT2D eigenvalue weighted by atomic mass is 19.1. The van der Waals surface area contributed by atoms with Crippen molar-refractivity contribution < 1.29 is 4.39 Å². The minimum absolute atomic E-state index is 0.143. The van der Waals surface area contributed by atoms with Gasteiger partial charge in [0.25, 0.3) is 0 Å². The van der Waals surface area contributed by atoms with Gasteiger partial charge in [0.1, 0.15) is 5.82 Å². The minimum atomic E-state index is -0.143. The summed E-state index contributed by atoms with van der Waals surface area (Å²) in [5, 5.41) is 3.23. The fraction of sp³-hybridized carbons (Fsp3) is 0.600. The number of benzene rings is 1. The van der Waals surface area contributed by atoms with Crippen LogP contribution in [0.3, 0.4) is 0 Å². The predicted molar refractivity (Wildman–Crippen MR) is 72.9 cm³/mol. The molecule has 0 aromatic heterocycles. The van der Waals surface area contributed by atoms with Gasteiger partial charge in [-0.05, 0) is 37.0 Å². The van der Waals surface area contributed by atoms with E-state index in [1.807, 2.05) is 19.1 Å². The van der Waals surface area contributed by atoms with E-state index >= 15 is 0 Å². The van der Waals surface area contributed by atoms with Gasteiger partial charge < -0.3 is 5.32 Å². The Balaban J connectivity index is 2.47. The molecule has 2 heteroatoms. The molecule has 1 nitrogen and oxygen atoms in total. The third-order valence-electron chi connectivity index (χ3n) is 3.25. The molecule has 0 radical (unpaired) electrons. The van der Waals surface area contributed by atoms with E-state index in [9.17, 15) is 4.39 Å². The zero-order valence-electron chi connectivity index (χ0n) is 11.2. The first-order valence-electron chi connectivity index (χ1n) is 6.67. The summed E-state index contributed by atoms with van der Waals surface area (Å²) in [5.41, 5.74) is 1.59. The van der Waals surface area contributed by atoms with Gasteiger partial charge in [0.05, 0.1) is 5.69 Å². The Morgan fingerprint density at radius 2 is 2.06 bits per heavy atom. The molecule has 1 aromatic rings. The SMILES string of the molecule is CCCCC(CC)CNc1ccc(C)cc1F. The topological polar surface area (TPSA) is 12.0 Å². The molecule has 1 aromatic carbocycles. The molecule has 0 aliphatic rings. The maximum atomic E-state index is 13.6. The average Bonchev–Trinajstić information content (AvgIpc) is 2.31. The quantitative estimate of drug-likeness (QED) is 0.720. The maximum Gasteiger partial charge on any atom is 0.146 e. The van der Waals surface area contributed by atoms with Crippen LogP contribution in [0.1, 0.15) is 45.1 Å². The summed E-state index contributed by atoms with van der Waals surface area (Å²) < 4.78 is 13.6. The fourth-order valence-corrected chi connectivity index (χ4v) is 1.96. The molecule has 1 unspecified atom stereocenters. The van der Waals surface area contributed by atoms with Crippen LogP contribution in [0.2, 0.25) is 0 Å². The van der Waals surface area contributed by atoms with E-state index in [2.05, 4.69) is 19.2 Å². The van der Waals surface area contributed by atoms with Crippen molar-refractivity contribution in [1.29, 1.82) is 0 Å². The van der Waals surface area contributed by atoms with E-state index in [0.717, 1.165) is 18.5 Å². The smallest absolute Gasteiger partial charge is 0.146 e. The third-order valence-corrected chi connectivity index (χ3v) is 3.25. The normalized spacial score (nSPS) is 12.5. The van der Waals surface area contributed by atoms with E-state index < -0.39 is 0 Å². The summed E-state index contributed by atoms with van der Waals surface area (Å²) in [4.78, 5) is 0. The summed E-state index contributed by atoms with van der Waals surface area (Å²) in [6.07, 6.45) is 4.87. The van der Waals surface area contributed by atoms with Crippen LogP contribution < -0.4 is 5.32 Å². The summed E-state index contributed by atoms with van der Waals surface area (Å²) in [5.74, 6) is 0.506. The average molecular weight is 237 g/mol. The second kappa shape index (κ2) is 7.31. The third kappa shape index (κ3) is 4.76. The Morgan fingerprint density at radius 3 is 2.65 bits per heavy atom. The fourth-order valence-electron chi connectivity index (χ4n) is 1.96. The van der Waals surface area contributed by atoms with Crippen molar-refractivity contribution in [1.82, 2.24) is 0 Å². The molecule has 0 amide bonds. The van der Waals surface area contributed by atoms with E-state index in [0.29, 0.717) is 11.6 Å². The molecular weight excluding hydrogens is 213 g/mol. The van der Waals surface area contributed by atoms with Crippen LogP contribution in [-0.2, 0) is 0 Å². The van der Waals surface area contributed by atoms with Crippen molar-refractivity contribution in [2.24, 2.45) is 5.92 Å². The molecule has 0 bridgehead atoms. The predicted octanol–water partition coefficient (Wildman–Crippen LogP) is 4.76. The van der Waals surface area contributed by atoms with Crippen molar-refractivity contribution in [2.75, 3.05) is 11.9 Å². The van der Waals surface area contributed by atoms with Gasteiger partial charge >= 0.3 is 0 Å². The molecule has 1 N–H and O–H groups in total. The molecule has 0 saturated heterocycles. The number of rotatable bonds is 7. The molecule has 1 rings (SSSR count). The lowest BCUT2D eigenvalue weighted by Gasteiger charge is -2.16. The van der Waals surface area contributed by atoms with Crippen molar-refractivity contribution in [2.45, 2.75) is 46.5 Å². The second-order valence-corrected chi connectivity index (χ2v) is 4.78. The van der Waals surface area contributed by atoms with Gasteiger partial charge in [0, 0.05) is 6.54 Å². The Kier molecular flexibility index (Phi) is 6.03. The van der Waals surface area contributed by atoms with Crippen LogP contribution in [0.15, 0.2) is 18.2 Å². The highest BCUT2D eigenvalue weighted by Crippen LogP contribution is 2.18. The van der Waals surface area contributed by atoms with Gasteiger partial charge in [-0.15, -0.1) is 0 Å². The molecule has 1 atom stereocenters. The molecule has 17 heavy (non-hydrogen) atoms. The largest absolute Gasteiger partial charge is 0.382 e. The van der Waals surface area contributed by atoms with Crippen molar-refractivity contribution in [3.63, 3.8) is 0 Å². The molecule has 0 fully saturated rings. The number of hydrogen-bond acceptors (Lipinski definition) is 1. The zero-order chi connectivity index (χ0) is 12.7. The van der Waals surface area contributed by atoms with Gasteiger partial charge in [-0.25, -0.2) is 4.39 Å². The second-order valence-electron chi connectivity index (χ2n) is 4.78. The number of halogens is 1.